The lowest BCUT2D eigenvalue weighted by Gasteiger charge is -2.15. The van der Waals surface area contributed by atoms with Crippen LogP contribution in [0.15, 0.2) is 36.7 Å². The second-order valence-electron chi connectivity index (χ2n) is 4.43. The third-order valence-corrected chi connectivity index (χ3v) is 2.67. The third kappa shape index (κ3) is 2.90. The number of benzene rings is 1. The first-order chi connectivity index (χ1) is 8.70. The molecule has 0 aliphatic carbocycles. The van der Waals surface area contributed by atoms with Gasteiger partial charge in [0, 0.05) is 12.4 Å². The quantitative estimate of drug-likeness (QED) is 0.851. The zero-order valence-corrected chi connectivity index (χ0v) is 11.0. The maximum Gasteiger partial charge on any atom is 0.127 e. The van der Waals surface area contributed by atoms with Gasteiger partial charge in [0.25, 0.3) is 0 Å². The van der Waals surface area contributed by atoms with Gasteiger partial charge in [0.05, 0.1) is 12.1 Å². The zero-order valence-electron chi connectivity index (χ0n) is 11.0. The number of ether oxygens (including phenoxy) is 1. The van der Waals surface area contributed by atoms with Crippen LogP contribution >= 0.6 is 0 Å². The number of aromatic amines is 1. The van der Waals surface area contributed by atoms with E-state index in [2.05, 4.69) is 27.4 Å². The Morgan fingerprint density at radius 2 is 1.94 bits per heavy atom. The van der Waals surface area contributed by atoms with E-state index in [1.165, 1.54) is 0 Å². The summed E-state index contributed by atoms with van der Waals surface area (Å²) in [7, 11) is 1.92. The van der Waals surface area contributed by atoms with Crippen LogP contribution in [0.3, 0.4) is 0 Å². The third-order valence-electron chi connectivity index (χ3n) is 2.67. The molecule has 1 aromatic heterocycles. The van der Waals surface area contributed by atoms with Gasteiger partial charge in [-0.05, 0) is 38.6 Å². The number of nitrogens with zero attached hydrogens (tertiary/aromatic N) is 1. The number of nitrogens with one attached hydrogen (secondary N) is 2. The Morgan fingerprint density at radius 3 is 2.44 bits per heavy atom. The highest BCUT2D eigenvalue weighted by Gasteiger charge is 2.13. The number of rotatable bonds is 5. The molecule has 4 heteroatoms. The summed E-state index contributed by atoms with van der Waals surface area (Å²) in [6.07, 6.45) is 3.78. The maximum absolute atomic E-state index is 5.63. The topological polar surface area (TPSA) is 49.9 Å². The van der Waals surface area contributed by atoms with Crippen LogP contribution in [0.2, 0.25) is 0 Å². The summed E-state index contributed by atoms with van der Waals surface area (Å²) in [6, 6.07) is 8.17. The minimum absolute atomic E-state index is 0.0769. The summed E-state index contributed by atoms with van der Waals surface area (Å²) >= 11 is 0. The Morgan fingerprint density at radius 1 is 1.22 bits per heavy atom. The number of H-pyrrole nitrogens is 1. The molecule has 4 nitrogen and oxygen atoms in total. The van der Waals surface area contributed by atoms with Crippen molar-refractivity contribution >= 4 is 0 Å². The molecule has 1 heterocycles. The van der Waals surface area contributed by atoms with Crippen molar-refractivity contribution in [2.45, 2.75) is 26.0 Å². The van der Waals surface area contributed by atoms with Gasteiger partial charge in [0.1, 0.15) is 11.6 Å². The van der Waals surface area contributed by atoms with Crippen LogP contribution in [0.25, 0.3) is 0 Å². The van der Waals surface area contributed by atoms with Gasteiger partial charge in [-0.2, -0.15) is 0 Å². The van der Waals surface area contributed by atoms with Crippen LogP contribution in [0.4, 0.5) is 0 Å². The fourth-order valence-corrected chi connectivity index (χ4v) is 1.91. The van der Waals surface area contributed by atoms with Gasteiger partial charge in [-0.25, -0.2) is 4.98 Å². The molecule has 2 N–H and O–H groups in total. The Balaban J connectivity index is 2.17. The molecule has 0 radical (unpaired) electrons. The Bertz CT molecular complexity index is 462. The predicted molar refractivity (Wildman–Crippen MR) is 71.7 cm³/mol. The van der Waals surface area contributed by atoms with Crippen molar-refractivity contribution in [3.8, 4) is 5.75 Å². The fraction of sp³-hybridized carbons (Fsp3) is 0.357. The van der Waals surface area contributed by atoms with Crippen LogP contribution in [0, 0.1) is 0 Å². The molecule has 0 bridgehead atoms. The summed E-state index contributed by atoms with van der Waals surface area (Å²) in [5, 5.41) is 3.25. The van der Waals surface area contributed by atoms with E-state index in [9.17, 15) is 0 Å². The summed E-state index contributed by atoms with van der Waals surface area (Å²) in [4.78, 5) is 7.41. The van der Waals surface area contributed by atoms with Crippen molar-refractivity contribution in [3.63, 3.8) is 0 Å². The summed E-state index contributed by atoms with van der Waals surface area (Å²) < 4.78 is 5.63. The monoisotopic (exact) mass is 245 g/mol. The Labute approximate surface area is 107 Å². The highest BCUT2D eigenvalue weighted by Crippen LogP contribution is 2.21. The van der Waals surface area contributed by atoms with Crippen molar-refractivity contribution in [2.24, 2.45) is 0 Å². The van der Waals surface area contributed by atoms with E-state index in [1.807, 2.05) is 39.2 Å². The molecule has 2 rings (SSSR count). The summed E-state index contributed by atoms with van der Waals surface area (Å²) in [5.41, 5.74) is 1.16. The van der Waals surface area contributed by atoms with E-state index in [0.717, 1.165) is 17.1 Å². The molecule has 0 saturated carbocycles. The average molecular weight is 245 g/mol. The highest BCUT2D eigenvalue weighted by molar-refractivity contribution is 5.32. The van der Waals surface area contributed by atoms with Crippen molar-refractivity contribution in [1.82, 2.24) is 15.3 Å². The van der Waals surface area contributed by atoms with Crippen LogP contribution in [0.1, 0.15) is 31.3 Å². The summed E-state index contributed by atoms with van der Waals surface area (Å²) in [6.45, 7) is 4.04. The van der Waals surface area contributed by atoms with E-state index < -0.39 is 0 Å². The molecule has 0 aliphatic rings. The van der Waals surface area contributed by atoms with E-state index >= 15 is 0 Å². The largest absolute Gasteiger partial charge is 0.491 e. The van der Waals surface area contributed by atoms with Gasteiger partial charge in [0.15, 0.2) is 0 Å². The van der Waals surface area contributed by atoms with Gasteiger partial charge < -0.3 is 15.0 Å². The van der Waals surface area contributed by atoms with Crippen LogP contribution in [-0.4, -0.2) is 23.1 Å². The first-order valence-corrected chi connectivity index (χ1v) is 6.14. The normalized spacial score (nSPS) is 12.7. The standard InChI is InChI=1S/C14H19N3O/c1-10(2)18-12-6-4-11(5-7-12)13(15-3)14-16-8-9-17-14/h4-10,13,15H,1-3H3,(H,16,17). The summed E-state index contributed by atoms with van der Waals surface area (Å²) in [5.74, 6) is 1.80. The molecule has 2 aromatic rings. The second-order valence-corrected chi connectivity index (χ2v) is 4.43. The molecular weight excluding hydrogens is 226 g/mol. The zero-order chi connectivity index (χ0) is 13.0. The molecule has 1 unspecified atom stereocenters. The number of imidazole rings is 1. The first kappa shape index (κ1) is 12.6. The van der Waals surface area contributed by atoms with E-state index in [-0.39, 0.29) is 12.1 Å². The lowest BCUT2D eigenvalue weighted by atomic mass is 10.1. The van der Waals surface area contributed by atoms with Gasteiger partial charge in [0.2, 0.25) is 0 Å². The van der Waals surface area contributed by atoms with E-state index in [0.29, 0.717) is 0 Å². The molecule has 0 saturated heterocycles. The minimum Gasteiger partial charge on any atom is -0.491 e. The Hall–Kier alpha value is -1.81. The average Bonchev–Trinajstić information content (AvgIpc) is 2.85. The maximum atomic E-state index is 5.63. The van der Waals surface area contributed by atoms with Crippen molar-refractivity contribution in [1.29, 1.82) is 0 Å². The van der Waals surface area contributed by atoms with Crippen LogP contribution in [-0.2, 0) is 0 Å². The molecule has 0 amide bonds. The molecule has 0 fully saturated rings. The lowest BCUT2D eigenvalue weighted by Crippen LogP contribution is -2.19. The molecule has 96 valence electrons. The first-order valence-electron chi connectivity index (χ1n) is 6.14. The molecule has 1 atom stereocenters. The van der Waals surface area contributed by atoms with Gasteiger partial charge in [-0.3, -0.25) is 0 Å². The van der Waals surface area contributed by atoms with E-state index in [1.54, 1.807) is 6.20 Å². The molecular formula is C14H19N3O. The van der Waals surface area contributed by atoms with Crippen LogP contribution < -0.4 is 10.1 Å². The number of hydrogen-bond donors (Lipinski definition) is 2. The van der Waals surface area contributed by atoms with Crippen molar-refractivity contribution in [2.75, 3.05) is 7.05 Å². The van der Waals surface area contributed by atoms with E-state index in [4.69, 9.17) is 4.74 Å². The molecule has 0 aliphatic heterocycles. The highest BCUT2D eigenvalue weighted by atomic mass is 16.5. The van der Waals surface area contributed by atoms with Gasteiger partial charge in [-0.1, -0.05) is 12.1 Å². The van der Waals surface area contributed by atoms with Gasteiger partial charge in [-0.15, -0.1) is 0 Å². The van der Waals surface area contributed by atoms with Gasteiger partial charge >= 0.3 is 0 Å². The second kappa shape index (κ2) is 5.69. The minimum atomic E-state index is 0.0769. The molecule has 0 spiro atoms. The predicted octanol–water partition coefficient (Wildman–Crippen LogP) is 2.51. The molecule has 18 heavy (non-hydrogen) atoms. The number of hydrogen-bond acceptors (Lipinski definition) is 3. The molecule has 1 aromatic carbocycles. The Kier molecular flexibility index (Phi) is 3.99. The number of aromatic nitrogens is 2. The fourth-order valence-electron chi connectivity index (χ4n) is 1.91. The lowest BCUT2D eigenvalue weighted by molar-refractivity contribution is 0.242. The SMILES string of the molecule is CNC(c1ccc(OC(C)C)cc1)c1ncc[nH]1. The van der Waals surface area contributed by atoms with Crippen LogP contribution in [0.5, 0.6) is 5.75 Å². The smallest absolute Gasteiger partial charge is 0.127 e. The van der Waals surface area contributed by atoms with Crippen molar-refractivity contribution < 1.29 is 4.74 Å². The van der Waals surface area contributed by atoms with Crippen molar-refractivity contribution in [3.05, 3.63) is 48.0 Å².